The number of pyridine rings is 1. The fourth-order valence-electron chi connectivity index (χ4n) is 2.86. The summed E-state index contributed by atoms with van der Waals surface area (Å²) >= 11 is 0. The standard InChI is InChI=1S/C22H23N3O7S/c1-22(2,3)31-21(27)25(33(28,29)16-10-6-5-7-11-16)14-17-18(15-9-8-12-23-13-15)24-32-19(17)20(26)30-4/h5-13H,14H2,1-4H3. The van der Waals surface area contributed by atoms with E-state index in [1.807, 2.05) is 0 Å². The van der Waals surface area contributed by atoms with Gasteiger partial charge in [0.1, 0.15) is 11.3 Å². The third kappa shape index (κ3) is 5.37. The molecule has 2 heterocycles. The summed E-state index contributed by atoms with van der Waals surface area (Å²) < 4.78 is 42.7. The quantitative estimate of drug-likeness (QED) is 0.493. The monoisotopic (exact) mass is 473 g/mol. The van der Waals surface area contributed by atoms with E-state index in [1.165, 1.54) is 36.7 Å². The number of nitrogens with zero attached hydrogens (tertiary/aromatic N) is 3. The number of rotatable bonds is 6. The van der Waals surface area contributed by atoms with Gasteiger partial charge in [0, 0.05) is 18.0 Å². The Bertz CT molecular complexity index is 1230. The first-order chi connectivity index (χ1) is 15.5. The summed E-state index contributed by atoms with van der Waals surface area (Å²) in [4.78, 5) is 29.3. The molecule has 0 aliphatic rings. The van der Waals surface area contributed by atoms with Gasteiger partial charge in [-0.3, -0.25) is 4.98 Å². The van der Waals surface area contributed by atoms with Crippen LogP contribution in [-0.2, 0) is 26.0 Å². The normalized spacial score (nSPS) is 11.6. The molecule has 10 nitrogen and oxygen atoms in total. The van der Waals surface area contributed by atoms with Gasteiger partial charge in [-0.2, -0.15) is 4.31 Å². The Morgan fingerprint density at radius 2 is 1.79 bits per heavy atom. The summed E-state index contributed by atoms with van der Waals surface area (Å²) in [6, 6.07) is 10.7. The third-order valence-corrected chi connectivity index (χ3v) is 6.05. The van der Waals surface area contributed by atoms with Crippen LogP contribution >= 0.6 is 0 Å². The zero-order valence-electron chi connectivity index (χ0n) is 18.5. The summed E-state index contributed by atoms with van der Waals surface area (Å²) in [5, 5.41) is 3.91. The second kappa shape index (κ2) is 9.41. The third-order valence-electron chi connectivity index (χ3n) is 4.32. The van der Waals surface area contributed by atoms with E-state index in [-0.39, 0.29) is 21.9 Å². The number of carbonyl (C=O) groups is 2. The number of carbonyl (C=O) groups excluding carboxylic acids is 2. The molecule has 0 saturated heterocycles. The Labute approximate surface area is 191 Å². The maximum Gasteiger partial charge on any atom is 0.424 e. The predicted molar refractivity (Wildman–Crippen MR) is 116 cm³/mol. The Hall–Kier alpha value is -3.73. The number of esters is 1. The zero-order valence-corrected chi connectivity index (χ0v) is 19.3. The van der Waals surface area contributed by atoms with E-state index in [2.05, 4.69) is 10.1 Å². The molecular weight excluding hydrogens is 450 g/mol. The Morgan fingerprint density at radius 1 is 1.09 bits per heavy atom. The molecule has 1 amide bonds. The van der Waals surface area contributed by atoms with Crippen molar-refractivity contribution < 1.29 is 32.0 Å². The number of benzene rings is 1. The summed E-state index contributed by atoms with van der Waals surface area (Å²) in [6.07, 6.45) is 1.88. The molecule has 0 radical (unpaired) electrons. The molecule has 0 atom stereocenters. The summed E-state index contributed by atoms with van der Waals surface area (Å²) in [5.74, 6) is -1.22. The molecule has 0 bridgehead atoms. The van der Waals surface area contributed by atoms with Gasteiger partial charge in [0.05, 0.1) is 24.1 Å². The SMILES string of the molecule is COC(=O)c1onc(-c2cccnc2)c1CN(C(=O)OC(C)(C)C)S(=O)(=O)c1ccccc1. The predicted octanol–water partition coefficient (Wildman–Crippen LogP) is 3.65. The van der Waals surface area contributed by atoms with E-state index in [0.717, 1.165) is 7.11 Å². The molecule has 1 aromatic carbocycles. The lowest BCUT2D eigenvalue weighted by Gasteiger charge is -2.27. The number of hydrogen-bond acceptors (Lipinski definition) is 9. The van der Waals surface area contributed by atoms with Crippen LogP contribution in [-0.4, -0.2) is 47.6 Å². The summed E-state index contributed by atoms with van der Waals surface area (Å²) in [5.41, 5.74) is -0.360. The van der Waals surface area contributed by atoms with Crippen molar-refractivity contribution in [2.45, 2.75) is 37.8 Å². The number of methoxy groups -OCH3 is 1. The molecule has 0 N–H and O–H groups in total. The van der Waals surface area contributed by atoms with Crippen LogP contribution in [0.1, 0.15) is 36.9 Å². The highest BCUT2D eigenvalue weighted by Gasteiger charge is 2.36. The van der Waals surface area contributed by atoms with E-state index >= 15 is 0 Å². The van der Waals surface area contributed by atoms with Crippen molar-refractivity contribution in [3.63, 3.8) is 0 Å². The largest absolute Gasteiger partial charge is 0.463 e. The van der Waals surface area contributed by atoms with E-state index in [0.29, 0.717) is 9.87 Å². The van der Waals surface area contributed by atoms with Gasteiger partial charge in [0.25, 0.3) is 10.0 Å². The van der Waals surface area contributed by atoms with Crippen LogP contribution in [0.5, 0.6) is 0 Å². The highest BCUT2D eigenvalue weighted by Crippen LogP contribution is 2.30. The molecule has 0 saturated carbocycles. The molecule has 0 fully saturated rings. The minimum atomic E-state index is -4.38. The Morgan fingerprint density at radius 3 is 2.36 bits per heavy atom. The fraction of sp³-hybridized carbons (Fsp3) is 0.273. The topological polar surface area (TPSA) is 129 Å². The van der Waals surface area contributed by atoms with Crippen molar-refractivity contribution in [2.75, 3.05) is 7.11 Å². The molecule has 0 unspecified atom stereocenters. The van der Waals surface area contributed by atoms with Gasteiger partial charge in [-0.1, -0.05) is 23.4 Å². The van der Waals surface area contributed by atoms with Crippen LogP contribution in [0.15, 0.2) is 64.3 Å². The molecular formula is C22H23N3O7S. The van der Waals surface area contributed by atoms with Crippen LogP contribution in [0.2, 0.25) is 0 Å². The minimum Gasteiger partial charge on any atom is -0.463 e. The fourth-order valence-corrected chi connectivity index (χ4v) is 4.15. The molecule has 0 spiro atoms. The molecule has 0 aliphatic carbocycles. The lowest BCUT2D eigenvalue weighted by atomic mass is 10.1. The smallest absolute Gasteiger partial charge is 0.424 e. The van der Waals surface area contributed by atoms with Crippen LogP contribution in [0, 0.1) is 0 Å². The molecule has 3 aromatic rings. The first-order valence-electron chi connectivity index (χ1n) is 9.82. The molecule has 2 aromatic heterocycles. The molecule has 11 heteroatoms. The van der Waals surface area contributed by atoms with E-state index in [9.17, 15) is 18.0 Å². The zero-order chi connectivity index (χ0) is 24.2. The van der Waals surface area contributed by atoms with Crippen molar-refractivity contribution in [3.8, 4) is 11.3 Å². The highest BCUT2D eigenvalue weighted by atomic mass is 32.2. The minimum absolute atomic E-state index is 0.0280. The van der Waals surface area contributed by atoms with Crippen molar-refractivity contribution in [3.05, 3.63) is 66.2 Å². The summed E-state index contributed by atoms with van der Waals surface area (Å²) in [6.45, 7) is 4.24. The van der Waals surface area contributed by atoms with Crippen molar-refractivity contribution >= 4 is 22.1 Å². The summed E-state index contributed by atoms with van der Waals surface area (Å²) in [7, 11) is -3.23. The molecule has 0 aliphatic heterocycles. The van der Waals surface area contributed by atoms with Gasteiger partial charge in [-0.05, 0) is 45.0 Å². The Balaban J connectivity index is 2.16. The van der Waals surface area contributed by atoms with Gasteiger partial charge in [0.15, 0.2) is 0 Å². The van der Waals surface area contributed by atoms with Crippen molar-refractivity contribution in [1.29, 1.82) is 0 Å². The lowest BCUT2D eigenvalue weighted by Crippen LogP contribution is -2.40. The number of hydrogen-bond donors (Lipinski definition) is 0. The number of sulfonamides is 1. The van der Waals surface area contributed by atoms with Crippen LogP contribution in [0.3, 0.4) is 0 Å². The van der Waals surface area contributed by atoms with Crippen LogP contribution in [0.4, 0.5) is 4.79 Å². The van der Waals surface area contributed by atoms with Gasteiger partial charge in [-0.15, -0.1) is 0 Å². The average molecular weight is 474 g/mol. The number of amides is 1. The van der Waals surface area contributed by atoms with Crippen LogP contribution < -0.4 is 0 Å². The highest BCUT2D eigenvalue weighted by molar-refractivity contribution is 7.89. The van der Waals surface area contributed by atoms with Gasteiger partial charge in [0.2, 0.25) is 5.76 Å². The molecule has 174 valence electrons. The molecule has 33 heavy (non-hydrogen) atoms. The maximum atomic E-state index is 13.4. The first-order valence-corrected chi connectivity index (χ1v) is 11.3. The number of ether oxygens (including phenoxy) is 2. The second-order valence-corrected chi connectivity index (χ2v) is 9.74. The lowest BCUT2D eigenvalue weighted by molar-refractivity contribution is 0.0376. The Kier molecular flexibility index (Phi) is 6.82. The van der Waals surface area contributed by atoms with E-state index < -0.39 is 34.2 Å². The van der Waals surface area contributed by atoms with Crippen LogP contribution in [0.25, 0.3) is 11.3 Å². The molecule has 3 rings (SSSR count). The van der Waals surface area contributed by atoms with E-state index in [4.69, 9.17) is 14.0 Å². The number of aromatic nitrogens is 2. The van der Waals surface area contributed by atoms with Gasteiger partial charge >= 0.3 is 12.1 Å². The maximum absolute atomic E-state index is 13.4. The average Bonchev–Trinajstić information content (AvgIpc) is 3.20. The van der Waals surface area contributed by atoms with E-state index in [1.54, 1.807) is 39.0 Å². The first kappa shape index (κ1) is 23.9. The van der Waals surface area contributed by atoms with Gasteiger partial charge < -0.3 is 14.0 Å². The second-order valence-electron chi connectivity index (χ2n) is 7.88. The van der Waals surface area contributed by atoms with Crippen molar-refractivity contribution in [1.82, 2.24) is 14.4 Å². The van der Waals surface area contributed by atoms with Gasteiger partial charge in [-0.25, -0.2) is 18.0 Å². The van der Waals surface area contributed by atoms with Crippen molar-refractivity contribution in [2.24, 2.45) is 0 Å².